The maximum absolute atomic E-state index is 9.75. The molecule has 0 saturated carbocycles. The van der Waals surface area contributed by atoms with Crippen molar-refractivity contribution in [2.45, 2.75) is 13.8 Å². The molecule has 0 aliphatic rings. The van der Waals surface area contributed by atoms with Crippen LogP contribution in [0.3, 0.4) is 0 Å². The standard InChI is InChI=1S/C4H12NP.BF4/c1-3-5(6)4-2;2-1(3,4)5/h3-4,6H2,1-2H3;/q;-1/p+1. The summed E-state index contributed by atoms with van der Waals surface area (Å²) in [5.41, 5.74) is 0. The van der Waals surface area contributed by atoms with Crippen molar-refractivity contribution in [1.82, 2.24) is 4.67 Å². The van der Waals surface area contributed by atoms with Gasteiger partial charge in [-0.15, -0.1) is 0 Å². The molecule has 1 unspecified atom stereocenters. The third-order valence-electron chi connectivity index (χ3n) is 0.894. The molecule has 0 fully saturated rings. The highest BCUT2D eigenvalue weighted by atomic mass is 31.0. The predicted molar refractivity (Wildman–Crippen MR) is 44.2 cm³/mol. The maximum atomic E-state index is 9.75. The van der Waals surface area contributed by atoms with Crippen LogP contribution in [0.5, 0.6) is 0 Å². The van der Waals surface area contributed by atoms with Crippen LogP contribution < -0.4 is 0 Å². The summed E-state index contributed by atoms with van der Waals surface area (Å²) in [4.78, 5) is 0. The van der Waals surface area contributed by atoms with Crippen LogP contribution in [0.1, 0.15) is 13.8 Å². The lowest BCUT2D eigenvalue weighted by Crippen LogP contribution is -2.07. The van der Waals surface area contributed by atoms with E-state index in [9.17, 15) is 17.3 Å². The normalized spacial score (nSPS) is 11.2. The first kappa shape index (κ1) is 13.7. The molecule has 0 rings (SSSR count). The molecule has 70 valence electrons. The lowest BCUT2D eigenvalue weighted by atomic mass is 10.3. The summed E-state index contributed by atoms with van der Waals surface area (Å²) in [7, 11) is -4.07. The van der Waals surface area contributed by atoms with Gasteiger partial charge in [0.05, 0.1) is 0 Å². The molecule has 1 nitrogen and oxygen atoms in total. The minimum atomic E-state index is -6.00. The molecule has 7 heteroatoms. The number of nitrogens with zero attached hydrogens (tertiary/aromatic N) is 1. The Kier molecular flexibility index (Phi) is 8.57. The smallest absolute Gasteiger partial charge is 0.418 e. The van der Waals surface area contributed by atoms with Gasteiger partial charge >= 0.3 is 7.25 Å². The highest BCUT2D eigenvalue weighted by Crippen LogP contribution is 2.06. The van der Waals surface area contributed by atoms with E-state index in [-0.39, 0.29) is 0 Å². The van der Waals surface area contributed by atoms with E-state index in [1.54, 1.807) is 0 Å². The summed E-state index contributed by atoms with van der Waals surface area (Å²) in [6.07, 6.45) is 0. The highest BCUT2D eigenvalue weighted by molar-refractivity contribution is 7.13. The van der Waals surface area contributed by atoms with Crippen LogP contribution in [0.15, 0.2) is 0 Å². The van der Waals surface area contributed by atoms with E-state index in [1.165, 1.54) is 13.1 Å². The lowest BCUT2D eigenvalue weighted by Gasteiger charge is -2.00. The third kappa shape index (κ3) is 39.0. The second-order valence-electron chi connectivity index (χ2n) is 1.80. The van der Waals surface area contributed by atoms with Crippen LogP contribution in [-0.4, -0.2) is 25.0 Å². The summed E-state index contributed by atoms with van der Waals surface area (Å²) < 4.78 is 41.3. The summed E-state index contributed by atoms with van der Waals surface area (Å²) in [6, 6.07) is 0. The van der Waals surface area contributed by atoms with Crippen molar-refractivity contribution in [3.8, 4) is 0 Å². The van der Waals surface area contributed by atoms with E-state index >= 15 is 0 Å². The van der Waals surface area contributed by atoms with Gasteiger partial charge in [-0.05, 0) is 13.8 Å². The predicted octanol–water partition coefficient (Wildman–Crippen LogP) is 2.15. The quantitative estimate of drug-likeness (QED) is 0.369. The van der Waals surface area contributed by atoms with Crippen molar-refractivity contribution >= 4 is 16.6 Å². The Morgan fingerprint density at radius 3 is 1.27 bits per heavy atom. The molecule has 0 radical (unpaired) electrons. The minimum Gasteiger partial charge on any atom is -0.418 e. The van der Waals surface area contributed by atoms with Crippen LogP contribution in [-0.2, 0) is 0 Å². The Bertz CT molecular complexity index is 78.7. The fourth-order valence-electron chi connectivity index (χ4n) is 0.224. The Labute approximate surface area is 66.5 Å². The number of halogens is 4. The molecular formula is C4H13BF4NP. The van der Waals surface area contributed by atoms with Crippen LogP contribution >= 0.6 is 9.39 Å². The Balaban J connectivity index is 0. The fraction of sp³-hybridized carbons (Fsp3) is 1.00. The molecule has 0 N–H and O–H groups in total. The van der Waals surface area contributed by atoms with Crippen molar-refractivity contribution in [3.63, 3.8) is 0 Å². The molecule has 0 saturated heterocycles. The molecule has 0 spiro atoms. The molecule has 0 heterocycles. The maximum Gasteiger partial charge on any atom is 0.673 e. The molecule has 0 aromatic carbocycles. The van der Waals surface area contributed by atoms with Crippen LogP contribution in [0.2, 0.25) is 0 Å². The Hall–Kier alpha value is 0.175. The second kappa shape index (κ2) is 6.86. The zero-order valence-corrected chi connectivity index (χ0v) is 8.07. The van der Waals surface area contributed by atoms with E-state index in [4.69, 9.17) is 0 Å². The number of hydrogen-bond donors (Lipinski definition) is 0. The summed E-state index contributed by atoms with van der Waals surface area (Å²) in [5, 5.41) is 0. The SMILES string of the molecule is CCN([PH3+])CC.F[B-](F)(F)F. The van der Waals surface area contributed by atoms with Gasteiger partial charge in [-0.2, -0.15) is 4.67 Å². The first-order valence-corrected chi connectivity index (χ1v) is 3.87. The summed E-state index contributed by atoms with van der Waals surface area (Å²) in [6.45, 7) is 6.68. The third-order valence-corrected chi connectivity index (χ3v) is 1.79. The average molecular weight is 193 g/mol. The van der Waals surface area contributed by atoms with Gasteiger partial charge in [-0.1, -0.05) is 0 Å². The number of rotatable bonds is 2. The minimum absolute atomic E-state index is 1.18. The Morgan fingerprint density at radius 1 is 1.09 bits per heavy atom. The van der Waals surface area contributed by atoms with Crippen LogP contribution in [0, 0.1) is 0 Å². The first-order chi connectivity index (χ1) is 4.81. The van der Waals surface area contributed by atoms with Gasteiger partial charge < -0.3 is 17.3 Å². The molecule has 0 aliphatic carbocycles. The van der Waals surface area contributed by atoms with Gasteiger partial charge in [0, 0.05) is 22.5 Å². The van der Waals surface area contributed by atoms with Crippen LogP contribution in [0.4, 0.5) is 17.3 Å². The van der Waals surface area contributed by atoms with E-state index in [1.807, 2.05) is 9.39 Å². The monoisotopic (exact) mass is 193 g/mol. The van der Waals surface area contributed by atoms with E-state index in [0.29, 0.717) is 0 Å². The fourth-order valence-corrected chi connectivity index (χ4v) is 0.224. The summed E-state index contributed by atoms with van der Waals surface area (Å²) in [5.74, 6) is 0. The molecule has 0 aromatic rings. The van der Waals surface area contributed by atoms with Crippen molar-refractivity contribution in [1.29, 1.82) is 0 Å². The van der Waals surface area contributed by atoms with Crippen molar-refractivity contribution in [3.05, 3.63) is 0 Å². The van der Waals surface area contributed by atoms with E-state index in [2.05, 4.69) is 18.5 Å². The topological polar surface area (TPSA) is 3.24 Å². The Morgan fingerprint density at radius 2 is 1.27 bits per heavy atom. The van der Waals surface area contributed by atoms with Crippen LogP contribution in [0.25, 0.3) is 0 Å². The molecular weight excluding hydrogens is 180 g/mol. The largest absolute Gasteiger partial charge is 0.673 e. The van der Waals surface area contributed by atoms with Crippen molar-refractivity contribution < 1.29 is 17.3 Å². The molecule has 0 aliphatic heterocycles. The van der Waals surface area contributed by atoms with E-state index in [0.717, 1.165) is 0 Å². The summed E-state index contributed by atoms with van der Waals surface area (Å²) >= 11 is 0. The number of hydrogen-bond acceptors (Lipinski definition) is 1. The molecule has 0 amide bonds. The van der Waals surface area contributed by atoms with Gasteiger partial charge in [0.2, 0.25) is 0 Å². The molecule has 1 atom stereocenters. The van der Waals surface area contributed by atoms with Gasteiger partial charge in [0.1, 0.15) is 0 Å². The first-order valence-electron chi connectivity index (χ1n) is 3.24. The van der Waals surface area contributed by atoms with E-state index < -0.39 is 7.25 Å². The van der Waals surface area contributed by atoms with Crippen molar-refractivity contribution in [2.75, 3.05) is 13.1 Å². The lowest BCUT2D eigenvalue weighted by molar-refractivity contribution is 0.368. The molecule has 11 heavy (non-hydrogen) atoms. The van der Waals surface area contributed by atoms with Crippen molar-refractivity contribution in [2.24, 2.45) is 0 Å². The zero-order chi connectivity index (χ0) is 9.49. The molecule has 0 aromatic heterocycles. The highest BCUT2D eigenvalue weighted by Gasteiger charge is 2.20. The zero-order valence-electron chi connectivity index (χ0n) is 6.66. The van der Waals surface area contributed by atoms with Gasteiger partial charge in [0.25, 0.3) is 0 Å². The van der Waals surface area contributed by atoms with Gasteiger partial charge in [-0.3, -0.25) is 0 Å². The second-order valence-corrected chi connectivity index (χ2v) is 2.69. The average Bonchev–Trinajstić information content (AvgIpc) is 1.83. The van der Waals surface area contributed by atoms with Gasteiger partial charge in [-0.25, -0.2) is 0 Å². The van der Waals surface area contributed by atoms with Gasteiger partial charge in [0.15, 0.2) is 0 Å². The molecule has 0 bridgehead atoms.